The van der Waals surface area contributed by atoms with E-state index in [1.807, 2.05) is 0 Å². The molecule has 1 aromatic carbocycles. The maximum absolute atomic E-state index is 12.4. The van der Waals surface area contributed by atoms with Gasteiger partial charge in [-0.15, -0.1) is 0 Å². The largest absolute Gasteiger partial charge is 0.497 e. The Labute approximate surface area is 172 Å². The number of carbonyl (C=O) groups is 3. The highest BCUT2D eigenvalue weighted by Crippen LogP contribution is 2.31. The lowest BCUT2D eigenvalue weighted by Crippen LogP contribution is -2.37. The number of methoxy groups -OCH3 is 1. The first-order valence-corrected chi connectivity index (χ1v) is 9.52. The number of rotatable bonds is 8. The number of carboxylic acids is 1. The van der Waals surface area contributed by atoms with Crippen molar-refractivity contribution in [3.8, 4) is 5.75 Å². The van der Waals surface area contributed by atoms with Crippen LogP contribution >= 0.6 is 0 Å². The van der Waals surface area contributed by atoms with Gasteiger partial charge in [-0.25, -0.2) is 4.79 Å². The molecule has 0 radical (unpaired) electrons. The molecule has 0 aliphatic carbocycles. The predicted octanol–water partition coefficient (Wildman–Crippen LogP) is 3.80. The zero-order chi connectivity index (χ0) is 22.4. The number of benzene rings is 1. The van der Waals surface area contributed by atoms with Gasteiger partial charge in [0.2, 0.25) is 6.10 Å². The van der Waals surface area contributed by atoms with E-state index in [4.69, 9.17) is 14.2 Å². The van der Waals surface area contributed by atoms with Crippen molar-refractivity contribution < 1.29 is 33.7 Å². The number of carbonyl (C=O) groups excluding carboxylic acids is 2. The van der Waals surface area contributed by atoms with Gasteiger partial charge >= 0.3 is 17.9 Å². The molecule has 29 heavy (non-hydrogen) atoms. The zero-order valence-corrected chi connectivity index (χ0v) is 18.3. The van der Waals surface area contributed by atoms with Crippen LogP contribution in [0.25, 0.3) is 0 Å². The first-order chi connectivity index (χ1) is 13.3. The average Bonchev–Trinajstić information content (AvgIpc) is 2.61. The summed E-state index contributed by atoms with van der Waals surface area (Å²) in [6.07, 6.45) is -1.26. The second kappa shape index (κ2) is 9.76. The minimum atomic E-state index is -1.43. The van der Waals surface area contributed by atoms with Gasteiger partial charge in [-0.2, -0.15) is 0 Å². The van der Waals surface area contributed by atoms with E-state index < -0.39 is 34.8 Å². The molecule has 7 heteroatoms. The van der Waals surface area contributed by atoms with Crippen LogP contribution in [0.1, 0.15) is 59.4 Å². The summed E-state index contributed by atoms with van der Waals surface area (Å²) in [7, 11) is 1.51. The lowest BCUT2D eigenvalue weighted by molar-refractivity contribution is -0.172. The minimum Gasteiger partial charge on any atom is -0.497 e. The van der Waals surface area contributed by atoms with Crippen LogP contribution in [0.2, 0.25) is 0 Å². The Morgan fingerprint density at radius 2 is 1.59 bits per heavy atom. The maximum atomic E-state index is 12.4. The number of hydrogen-bond acceptors (Lipinski definition) is 6. The lowest BCUT2D eigenvalue weighted by atomic mass is 9.89. The van der Waals surface area contributed by atoms with Crippen LogP contribution in [0, 0.1) is 10.8 Å². The highest BCUT2D eigenvalue weighted by Gasteiger charge is 2.36. The third kappa shape index (κ3) is 7.40. The molecular weight excluding hydrogens is 376 g/mol. The van der Waals surface area contributed by atoms with E-state index in [2.05, 4.69) is 0 Å². The quantitative estimate of drug-likeness (QED) is 0.653. The average molecular weight is 408 g/mol. The van der Waals surface area contributed by atoms with Gasteiger partial charge in [0.05, 0.1) is 24.5 Å². The van der Waals surface area contributed by atoms with E-state index in [0.717, 1.165) is 0 Å². The van der Waals surface area contributed by atoms with Crippen LogP contribution < -0.4 is 4.74 Å². The summed E-state index contributed by atoms with van der Waals surface area (Å²) in [5.41, 5.74) is -0.910. The van der Waals surface area contributed by atoms with Crippen LogP contribution in [0.4, 0.5) is 0 Å². The van der Waals surface area contributed by atoms with Crippen molar-refractivity contribution in [2.24, 2.45) is 10.8 Å². The number of esters is 2. The molecule has 1 N–H and O–H groups in total. The van der Waals surface area contributed by atoms with Gasteiger partial charge in [-0.05, 0) is 65.7 Å². The SMILES string of the molecule is COc1cccc([C@@H](CCOC(=O)C(C)(C)C)[C@H](OC(=O)C(C)(C)C)C(=O)O)c1. The van der Waals surface area contributed by atoms with Crippen molar-refractivity contribution >= 4 is 17.9 Å². The smallest absolute Gasteiger partial charge is 0.345 e. The molecule has 162 valence electrons. The molecule has 0 aromatic heterocycles. The lowest BCUT2D eigenvalue weighted by Gasteiger charge is -2.28. The second-order valence-electron chi connectivity index (χ2n) is 8.97. The number of aliphatic carboxylic acids is 1. The fourth-order valence-electron chi connectivity index (χ4n) is 2.46. The molecule has 0 saturated carbocycles. The van der Waals surface area contributed by atoms with E-state index in [9.17, 15) is 19.5 Å². The maximum Gasteiger partial charge on any atom is 0.345 e. The Morgan fingerprint density at radius 1 is 1.00 bits per heavy atom. The first-order valence-electron chi connectivity index (χ1n) is 9.52. The van der Waals surface area contributed by atoms with Gasteiger partial charge in [-0.3, -0.25) is 9.59 Å². The van der Waals surface area contributed by atoms with Crippen LogP contribution in [0.15, 0.2) is 24.3 Å². The summed E-state index contributed by atoms with van der Waals surface area (Å²) < 4.78 is 15.9. The van der Waals surface area contributed by atoms with E-state index in [0.29, 0.717) is 11.3 Å². The van der Waals surface area contributed by atoms with E-state index in [1.165, 1.54) is 7.11 Å². The molecule has 7 nitrogen and oxygen atoms in total. The molecule has 0 aliphatic rings. The first kappa shape index (κ1) is 24.5. The summed E-state index contributed by atoms with van der Waals surface area (Å²) in [6.45, 7) is 10.2. The second-order valence-corrected chi connectivity index (χ2v) is 8.97. The van der Waals surface area contributed by atoms with Gasteiger partial charge in [0, 0.05) is 5.92 Å². The van der Waals surface area contributed by atoms with E-state index in [-0.39, 0.29) is 19.0 Å². The van der Waals surface area contributed by atoms with Crippen LogP contribution in [-0.2, 0) is 23.9 Å². The highest BCUT2D eigenvalue weighted by atomic mass is 16.6. The fourth-order valence-corrected chi connectivity index (χ4v) is 2.46. The molecule has 0 aliphatic heterocycles. The summed E-state index contributed by atoms with van der Waals surface area (Å²) in [6, 6.07) is 6.89. The number of hydrogen-bond donors (Lipinski definition) is 1. The molecule has 0 bridgehead atoms. The summed E-state index contributed by atoms with van der Waals surface area (Å²) >= 11 is 0. The van der Waals surface area contributed by atoms with Gasteiger partial charge < -0.3 is 19.3 Å². The Bertz CT molecular complexity index is 725. The molecule has 0 heterocycles. The summed E-state index contributed by atoms with van der Waals surface area (Å²) in [4.78, 5) is 36.4. The molecule has 2 atom stereocenters. The van der Waals surface area contributed by atoms with Crippen molar-refractivity contribution in [3.05, 3.63) is 29.8 Å². The van der Waals surface area contributed by atoms with Gasteiger partial charge in [0.25, 0.3) is 0 Å². The highest BCUT2D eigenvalue weighted by molar-refractivity contribution is 5.81. The molecule has 1 rings (SSSR count). The third-order valence-corrected chi connectivity index (χ3v) is 4.25. The van der Waals surface area contributed by atoms with Crippen LogP contribution in [0.5, 0.6) is 5.75 Å². The predicted molar refractivity (Wildman–Crippen MR) is 108 cm³/mol. The van der Waals surface area contributed by atoms with Crippen molar-refractivity contribution in [2.45, 2.75) is 60.0 Å². The van der Waals surface area contributed by atoms with Gasteiger partial charge in [-0.1, -0.05) is 12.1 Å². The van der Waals surface area contributed by atoms with Crippen molar-refractivity contribution in [3.63, 3.8) is 0 Å². The third-order valence-electron chi connectivity index (χ3n) is 4.25. The Hall–Kier alpha value is -2.57. The normalized spacial score (nSPS) is 13.9. The van der Waals surface area contributed by atoms with Crippen LogP contribution in [-0.4, -0.2) is 42.8 Å². The molecular formula is C22H32O7. The standard InChI is InChI=1S/C22H32O7/c1-21(2,3)19(25)28-12-11-16(14-9-8-10-15(13-14)27-7)17(18(23)24)29-20(26)22(4,5)6/h8-10,13,16-17H,11-12H2,1-7H3,(H,23,24)/t16-,17+/m1/s1. The van der Waals surface area contributed by atoms with Crippen molar-refractivity contribution in [1.82, 2.24) is 0 Å². The van der Waals surface area contributed by atoms with Crippen molar-refractivity contribution in [2.75, 3.05) is 13.7 Å². The van der Waals surface area contributed by atoms with Crippen LogP contribution in [0.3, 0.4) is 0 Å². The molecule has 0 saturated heterocycles. The summed E-state index contributed by atoms with van der Waals surface area (Å²) in [5, 5.41) is 9.77. The fraction of sp³-hybridized carbons (Fsp3) is 0.591. The van der Waals surface area contributed by atoms with Gasteiger partial charge in [0.1, 0.15) is 5.75 Å². The monoisotopic (exact) mass is 408 g/mol. The number of ether oxygens (including phenoxy) is 3. The van der Waals surface area contributed by atoms with E-state index >= 15 is 0 Å². The summed E-state index contributed by atoms with van der Waals surface area (Å²) in [5.74, 6) is -2.45. The Morgan fingerprint density at radius 3 is 2.07 bits per heavy atom. The zero-order valence-electron chi connectivity index (χ0n) is 18.3. The number of carboxylic acid groups (broad SMARTS) is 1. The molecule has 0 amide bonds. The van der Waals surface area contributed by atoms with Crippen molar-refractivity contribution in [1.29, 1.82) is 0 Å². The molecule has 1 aromatic rings. The molecule has 0 unspecified atom stereocenters. The van der Waals surface area contributed by atoms with Gasteiger partial charge in [0.15, 0.2) is 0 Å². The Kier molecular flexibility index (Phi) is 8.24. The molecule has 0 spiro atoms. The molecule has 0 fully saturated rings. The Balaban J connectivity index is 3.17. The van der Waals surface area contributed by atoms with E-state index in [1.54, 1.807) is 65.8 Å². The minimum absolute atomic E-state index is 0.00513. The topological polar surface area (TPSA) is 99.1 Å².